The molecule has 1 aliphatic rings. The Hall–Kier alpha value is -3.38. The van der Waals surface area contributed by atoms with Gasteiger partial charge in [0.05, 0.1) is 18.9 Å². The van der Waals surface area contributed by atoms with Gasteiger partial charge in [0.1, 0.15) is 5.76 Å². The lowest BCUT2D eigenvalue weighted by Crippen LogP contribution is -2.57. The second-order valence-corrected chi connectivity index (χ2v) is 8.33. The van der Waals surface area contributed by atoms with Gasteiger partial charge in [-0.25, -0.2) is 4.79 Å². The molecule has 0 bridgehead atoms. The second-order valence-electron chi connectivity index (χ2n) is 8.33. The molecule has 2 aromatic carbocycles. The number of amides is 1. The van der Waals surface area contributed by atoms with Crippen molar-refractivity contribution in [1.82, 2.24) is 9.80 Å². The average Bonchev–Trinajstić information content (AvgIpc) is 3.36. The fraction of sp³-hybridized carbons (Fsp3) is 0.308. The van der Waals surface area contributed by atoms with Crippen LogP contribution in [0.5, 0.6) is 0 Å². The van der Waals surface area contributed by atoms with E-state index in [0.717, 1.165) is 23.4 Å². The topological polar surface area (TPSA) is 63.0 Å². The molecule has 1 fully saturated rings. The Bertz CT molecular complexity index is 1060. The van der Waals surface area contributed by atoms with Gasteiger partial charge in [-0.05, 0) is 55.8 Å². The van der Waals surface area contributed by atoms with Gasteiger partial charge in [-0.3, -0.25) is 9.69 Å². The van der Waals surface area contributed by atoms with Crippen molar-refractivity contribution in [2.24, 2.45) is 0 Å². The molecule has 4 rings (SSSR count). The van der Waals surface area contributed by atoms with Gasteiger partial charge in [-0.2, -0.15) is 0 Å². The lowest BCUT2D eigenvalue weighted by molar-refractivity contribution is 0.0270. The number of ether oxygens (including phenoxy) is 1. The van der Waals surface area contributed by atoms with Crippen molar-refractivity contribution in [2.45, 2.75) is 32.5 Å². The number of rotatable bonds is 5. The fourth-order valence-electron chi connectivity index (χ4n) is 4.34. The molecule has 1 aliphatic heterocycles. The summed E-state index contributed by atoms with van der Waals surface area (Å²) in [4.78, 5) is 29.2. The first-order chi connectivity index (χ1) is 15.5. The van der Waals surface area contributed by atoms with Crippen LogP contribution in [0.3, 0.4) is 0 Å². The molecule has 0 saturated carbocycles. The zero-order chi connectivity index (χ0) is 22.7. The van der Waals surface area contributed by atoms with Crippen LogP contribution in [0.1, 0.15) is 40.1 Å². The van der Waals surface area contributed by atoms with E-state index in [2.05, 4.69) is 18.7 Å². The zero-order valence-electron chi connectivity index (χ0n) is 18.7. The van der Waals surface area contributed by atoms with Gasteiger partial charge >= 0.3 is 5.97 Å². The minimum atomic E-state index is -0.332. The number of methoxy groups -OCH3 is 1. The molecule has 0 radical (unpaired) electrons. The first-order valence-corrected chi connectivity index (χ1v) is 10.8. The molecule has 2 atom stereocenters. The van der Waals surface area contributed by atoms with Gasteiger partial charge in [0.15, 0.2) is 0 Å². The summed E-state index contributed by atoms with van der Waals surface area (Å²) in [6.07, 6.45) is 1.63. The first-order valence-electron chi connectivity index (χ1n) is 10.8. The number of nitrogens with zero attached hydrogens (tertiary/aromatic N) is 2. The van der Waals surface area contributed by atoms with Crippen molar-refractivity contribution in [3.63, 3.8) is 0 Å². The number of hydrogen-bond acceptors (Lipinski definition) is 5. The van der Waals surface area contributed by atoms with Crippen LogP contribution in [-0.2, 0) is 11.3 Å². The predicted molar refractivity (Wildman–Crippen MR) is 122 cm³/mol. The number of carbonyl (C=O) groups is 2. The van der Waals surface area contributed by atoms with Gasteiger partial charge in [0, 0.05) is 42.8 Å². The van der Waals surface area contributed by atoms with E-state index in [1.165, 1.54) is 7.11 Å². The first kappa shape index (κ1) is 21.8. The standard InChI is InChI=1S/C26H28N2O4/c1-18-15-27(25(29)23-7-4-6-22(14-23)24-8-5-13-32-24)16-19(2)28(18)17-20-9-11-21(12-10-20)26(30)31-3/h4-14,18-19H,15-17H2,1-3H3/t18-,19+. The van der Waals surface area contributed by atoms with Crippen molar-refractivity contribution >= 4 is 11.9 Å². The molecule has 2 heterocycles. The average molecular weight is 433 g/mol. The van der Waals surface area contributed by atoms with Gasteiger partial charge in [0.2, 0.25) is 0 Å². The van der Waals surface area contributed by atoms with E-state index < -0.39 is 0 Å². The largest absolute Gasteiger partial charge is 0.465 e. The van der Waals surface area contributed by atoms with E-state index in [1.807, 2.05) is 53.4 Å². The van der Waals surface area contributed by atoms with E-state index in [9.17, 15) is 9.59 Å². The number of hydrogen-bond donors (Lipinski definition) is 0. The van der Waals surface area contributed by atoms with Gasteiger partial charge in [-0.15, -0.1) is 0 Å². The zero-order valence-corrected chi connectivity index (χ0v) is 18.7. The van der Waals surface area contributed by atoms with Crippen LogP contribution >= 0.6 is 0 Å². The summed E-state index contributed by atoms with van der Waals surface area (Å²) in [5.74, 6) is 0.463. The molecule has 166 valence electrons. The third-order valence-corrected chi connectivity index (χ3v) is 6.04. The Morgan fingerprint density at radius 1 is 0.969 bits per heavy atom. The van der Waals surface area contributed by atoms with E-state index >= 15 is 0 Å². The Balaban J connectivity index is 1.43. The van der Waals surface area contributed by atoms with Gasteiger partial charge in [-0.1, -0.05) is 24.3 Å². The molecule has 32 heavy (non-hydrogen) atoms. The summed E-state index contributed by atoms with van der Waals surface area (Å²) in [5, 5.41) is 0. The minimum absolute atomic E-state index is 0.0409. The van der Waals surface area contributed by atoms with Crippen LogP contribution in [0.2, 0.25) is 0 Å². The van der Waals surface area contributed by atoms with Crippen LogP contribution in [-0.4, -0.2) is 54.0 Å². The number of benzene rings is 2. The lowest BCUT2D eigenvalue weighted by Gasteiger charge is -2.44. The third kappa shape index (κ3) is 4.60. The summed E-state index contributed by atoms with van der Waals surface area (Å²) in [6, 6.07) is 19.3. The molecule has 0 aliphatic carbocycles. The number of carbonyl (C=O) groups excluding carboxylic acids is 2. The van der Waals surface area contributed by atoms with Crippen molar-refractivity contribution in [1.29, 1.82) is 0 Å². The molecule has 1 amide bonds. The maximum absolute atomic E-state index is 13.2. The lowest BCUT2D eigenvalue weighted by atomic mass is 10.0. The van der Waals surface area contributed by atoms with E-state index in [-0.39, 0.29) is 24.0 Å². The Labute approximate surface area is 188 Å². The van der Waals surface area contributed by atoms with Crippen LogP contribution in [0, 0.1) is 0 Å². The Morgan fingerprint density at radius 3 is 2.31 bits per heavy atom. The van der Waals surface area contributed by atoms with Crippen LogP contribution in [0.4, 0.5) is 0 Å². The van der Waals surface area contributed by atoms with Crippen LogP contribution in [0.15, 0.2) is 71.3 Å². The molecule has 0 unspecified atom stereocenters. The summed E-state index contributed by atoms with van der Waals surface area (Å²) in [6.45, 7) is 6.39. The third-order valence-electron chi connectivity index (χ3n) is 6.04. The van der Waals surface area contributed by atoms with E-state index in [4.69, 9.17) is 9.15 Å². The number of esters is 1. The smallest absolute Gasteiger partial charge is 0.337 e. The number of furan rings is 1. The molecule has 3 aromatic rings. The molecule has 1 aromatic heterocycles. The van der Waals surface area contributed by atoms with Crippen molar-refractivity contribution in [2.75, 3.05) is 20.2 Å². The van der Waals surface area contributed by atoms with E-state index in [0.29, 0.717) is 24.2 Å². The monoisotopic (exact) mass is 432 g/mol. The molecule has 0 spiro atoms. The SMILES string of the molecule is COC(=O)c1ccc(CN2[C@H](C)CN(C(=O)c3cccc(-c4ccco4)c3)C[C@@H]2C)cc1. The predicted octanol–water partition coefficient (Wildman–Crippen LogP) is 4.47. The minimum Gasteiger partial charge on any atom is -0.465 e. The van der Waals surface area contributed by atoms with Crippen LogP contribution in [0.25, 0.3) is 11.3 Å². The summed E-state index contributed by atoms with van der Waals surface area (Å²) in [5.41, 5.74) is 3.24. The highest BCUT2D eigenvalue weighted by Crippen LogP contribution is 2.24. The molecule has 6 nitrogen and oxygen atoms in total. The van der Waals surface area contributed by atoms with Crippen LogP contribution < -0.4 is 0 Å². The normalized spacial score (nSPS) is 19.0. The summed E-state index contributed by atoms with van der Waals surface area (Å²) < 4.78 is 10.2. The van der Waals surface area contributed by atoms with Gasteiger partial charge < -0.3 is 14.1 Å². The second kappa shape index (κ2) is 9.40. The maximum Gasteiger partial charge on any atom is 0.337 e. The molecule has 6 heteroatoms. The highest BCUT2D eigenvalue weighted by atomic mass is 16.5. The maximum atomic E-state index is 13.2. The number of piperazine rings is 1. The quantitative estimate of drug-likeness (QED) is 0.557. The molecular weight excluding hydrogens is 404 g/mol. The van der Waals surface area contributed by atoms with Crippen molar-refractivity contribution in [3.8, 4) is 11.3 Å². The summed E-state index contributed by atoms with van der Waals surface area (Å²) >= 11 is 0. The fourth-order valence-corrected chi connectivity index (χ4v) is 4.34. The van der Waals surface area contributed by atoms with Crippen molar-refractivity contribution < 1.29 is 18.7 Å². The van der Waals surface area contributed by atoms with Gasteiger partial charge in [0.25, 0.3) is 5.91 Å². The molecule has 0 N–H and O–H groups in total. The summed E-state index contributed by atoms with van der Waals surface area (Å²) in [7, 11) is 1.38. The molecule has 1 saturated heterocycles. The Kier molecular flexibility index (Phi) is 6.42. The highest BCUT2D eigenvalue weighted by Gasteiger charge is 2.32. The van der Waals surface area contributed by atoms with Crippen molar-refractivity contribution in [3.05, 3.63) is 83.6 Å². The highest BCUT2D eigenvalue weighted by molar-refractivity contribution is 5.95. The Morgan fingerprint density at radius 2 is 1.69 bits per heavy atom. The van der Waals surface area contributed by atoms with E-state index in [1.54, 1.807) is 18.4 Å². The molecular formula is C26H28N2O4.